The molecule has 0 aromatic heterocycles. The fourth-order valence-electron chi connectivity index (χ4n) is 1.20. The molecule has 0 radical (unpaired) electrons. The first kappa shape index (κ1) is 7.55. The van der Waals surface area contributed by atoms with Gasteiger partial charge in [0.05, 0.1) is 0 Å². The van der Waals surface area contributed by atoms with E-state index in [4.69, 9.17) is 0 Å². The van der Waals surface area contributed by atoms with E-state index < -0.39 is 0 Å². The van der Waals surface area contributed by atoms with Crippen LogP contribution in [0.3, 0.4) is 0 Å². The first-order chi connectivity index (χ1) is 4.59. The lowest BCUT2D eigenvalue weighted by molar-refractivity contribution is 0.123. The summed E-state index contributed by atoms with van der Waals surface area (Å²) >= 11 is 0. The van der Waals surface area contributed by atoms with Crippen molar-refractivity contribution in [1.82, 2.24) is 4.90 Å². The zero-order valence-electron chi connectivity index (χ0n) is 7.02. The molecule has 0 aromatic carbocycles. The largest absolute Gasteiger partial charge is 0.293 e. The average Bonchev–Trinajstić information content (AvgIpc) is 1.88. The predicted molar refractivity (Wildman–Crippen MR) is 45.0 cm³/mol. The second kappa shape index (κ2) is 2.24. The number of hydrogen-bond donors (Lipinski definition) is 0. The average molecular weight is 137 g/mol. The fourth-order valence-corrected chi connectivity index (χ4v) is 1.20. The third-order valence-corrected chi connectivity index (χ3v) is 2.47. The maximum absolute atomic E-state index is 3.68. The molecule has 0 atom stereocenters. The Hall–Kier alpha value is -0.560. The van der Waals surface area contributed by atoms with Crippen LogP contribution in [0.25, 0.3) is 0 Å². The zero-order chi connectivity index (χ0) is 7.78. The van der Waals surface area contributed by atoms with Crippen molar-refractivity contribution in [1.29, 1.82) is 0 Å². The first-order valence-electron chi connectivity index (χ1n) is 3.62. The van der Waals surface area contributed by atoms with Gasteiger partial charge in [-0.2, -0.15) is 0 Å². The summed E-state index contributed by atoms with van der Waals surface area (Å²) in [5.74, 6) is 0. The minimum Gasteiger partial charge on any atom is -0.293 e. The monoisotopic (exact) mass is 137 g/mol. The lowest BCUT2D eigenvalue weighted by atomic mass is 9.83. The summed E-state index contributed by atoms with van der Waals surface area (Å²) in [4.78, 5) is 2.32. The highest BCUT2D eigenvalue weighted by Gasteiger charge is 2.37. The van der Waals surface area contributed by atoms with Crippen LogP contribution in [-0.2, 0) is 0 Å². The van der Waals surface area contributed by atoms with Crippen molar-refractivity contribution in [3.05, 3.63) is 24.3 Å². The molecule has 1 aliphatic rings. The van der Waals surface area contributed by atoms with Gasteiger partial charge in [0.1, 0.15) is 0 Å². The summed E-state index contributed by atoms with van der Waals surface area (Å²) in [7, 11) is 2.14. The molecule has 1 heteroatoms. The Labute approximate surface area is 63.0 Å². The van der Waals surface area contributed by atoms with Gasteiger partial charge in [-0.05, 0) is 26.5 Å². The van der Waals surface area contributed by atoms with Gasteiger partial charge in [-0.3, -0.25) is 4.90 Å². The second-order valence-corrected chi connectivity index (χ2v) is 3.34. The summed E-state index contributed by atoms with van der Waals surface area (Å²) in [6.07, 6.45) is 3.98. The molecule has 0 spiro atoms. The number of hydrogen-bond acceptors (Lipinski definition) is 1. The maximum atomic E-state index is 3.68. The molecule has 0 unspecified atom stereocenters. The van der Waals surface area contributed by atoms with Crippen molar-refractivity contribution in [2.45, 2.75) is 19.4 Å². The SMILES string of the molecule is C=C/C=C1/CN(C)C1(C)C. The van der Waals surface area contributed by atoms with Gasteiger partial charge in [-0.25, -0.2) is 0 Å². The number of likely N-dealkylation sites (tertiary alicyclic amines) is 1. The Balaban J connectivity index is 2.71. The van der Waals surface area contributed by atoms with E-state index in [0.29, 0.717) is 0 Å². The predicted octanol–water partition coefficient (Wildman–Crippen LogP) is 1.82. The molecule has 0 amide bonds. The van der Waals surface area contributed by atoms with Crippen molar-refractivity contribution in [3.8, 4) is 0 Å². The summed E-state index contributed by atoms with van der Waals surface area (Å²) < 4.78 is 0. The van der Waals surface area contributed by atoms with Crippen LogP contribution in [0.2, 0.25) is 0 Å². The molecular weight excluding hydrogens is 122 g/mol. The Kier molecular flexibility index (Phi) is 1.69. The second-order valence-electron chi connectivity index (χ2n) is 3.34. The van der Waals surface area contributed by atoms with Crippen LogP contribution >= 0.6 is 0 Å². The standard InChI is InChI=1S/C9H15N/c1-5-6-8-7-10(4)9(8,2)3/h5-6H,1,7H2,2-4H3/b8-6-. The van der Waals surface area contributed by atoms with Gasteiger partial charge in [0.25, 0.3) is 0 Å². The van der Waals surface area contributed by atoms with E-state index in [0.717, 1.165) is 6.54 Å². The molecule has 0 N–H and O–H groups in total. The van der Waals surface area contributed by atoms with E-state index in [-0.39, 0.29) is 5.54 Å². The molecule has 0 saturated carbocycles. The number of rotatable bonds is 1. The summed E-state index contributed by atoms with van der Waals surface area (Å²) in [5, 5.41) is 0. The molecular formula is C9H15N. The van der Waals surface area contributed by atoms with Gasteiger partial charge < -0.3 is 0 Å². The van der Waals surface area contributed by atoms with Crippen LogP contribution in [0, 0.1) is 0 Å². The molecule has 10 heavy (non-hydrogen) atoms. The van der Waals surface area contributed by atoms with E-state index in [9.17, 15) is 0 Å². The number of likely N-dealkylation sites (N-methyl/N-ethyl adjacent to an activating group) is 1. The van der Waals surface area contributed by atoms with Gasteiger partial charge in [0.2, 0.25) is 0 Å². The highest BCUT2D eigenvalue weighted by molar-refractivity contribution is 5.30. The van der Waals surface area contributed by atoms with Crippen molar-refractivity contribution in [2.75, 3.05) is 13.6 Å². The van der Waals surface area contributed by atoms with Crippen LogP contribution in [0.5, 0.6) is 0 Å². The normalized spacial score (nSPS) is 28.1. The highest BCUT2D eigenvalue weighted by Crippen LogP contribution is 2.33. The lowest BCUT2D eigenvalue weighted by Gasteiger charge is -2.48. The topological polar surface area (TPSA) is 3.24 Å². The molecule has 1 nitrogen and oxygen atoms in total. The molecule has 0 aliphatic carbocycles. The molecule has 1 fully saturated rings. The molecule has 1 rings (SSSR count). The van der Waals surface area contributed by atoms with Crippen LogP contribution in [0.15, 0.2) is 24.3 Å². The van der Waals surface area contributed by atoms with E-state index in [1.807, 2.05) is 6.08 Å². The third kappa shape index (κ3) is 0.907. The summed E-state index contributed by atoms with van der Waals surface area (Å²) in [6.45, 7) is 9.23. The molecule has 0 bridgehead atoms. The van der Waals surface area contributed by atoms with E-state index >= 15 is 0 Å². The van der Waals surface area contributed by atoms with Crippen LogP contribution in [-0.4, -0.2) is 24.0 Å². The Morgan fingerprint density at radius 1 is 1.60 bits per heavy atom. The molecule has 1 heterocycles. The van der Waals surface area contributed by atoms with Crippen molar-refractivity contribution < 1.29 is 0 Å². The lowest BCUT2D eigenvalue weighted by Crippen LogP contribution is -2.55. The van der Waals surface area contributed by atoms with E-state index in [2.05, 4.69) is 38.5 Å². The van der Waals surface area contributed by atoms with E-state index in [1.54, 1.807) is 0 Å². The quantitative estimate of drug-likeness (QED) is 0.533. The molecule has 1 saturated heterocycles. The first-order valence-corrected chi connectivity index (χ1v) is 3.62. The van der Waals surface area contributed by atoms with Crippen LogP contribution in [0.1, 0.15) is 13.8 Å². The Morgan fingerprint density at radius 2 is 2.20 bits per heavy atom. The van der Waals surface area contributed by atoms with Gasteiger partial charge in [0, 0.05) is 12.1 Å². The van der Waals surface area contributed by atoms with Crippen molar-refractivity contribution >= 4 is 0 Å². The minimum absolute atomic E-state index is 0.272. The number of allylic oxidation sites excluding steroid dienone is 2. The summed E-state index contributed by atoms with van der Waals surface area (Å²) in [6, 6.07) is 0. The van der Waals surface area contributed by atoms with Gasteiger partial charge in [0.15, 0.2) is 0 Å². The van der Waals surface area contributed by atoms with Gasteiger partial charge in [-0.1, -0.05) is 18.7 Å². The summed E-state index contributed by atoms with van der Waals surface area (Å²) in [5.41, 5.74) is 1.75. The molecule has 56 valence electrons. The van der Waals surface area contributed by atoms with Gasteiger partial charge >= 0.3 is 0 Å². The maximum Gasteiger partial charge on any atom is 0.0380 e. The van der Waals surface area contributed by atoms with Gasteiger partial charge in [-0.15, -0.1) is 0 Å². The third-order valence-electron chi connectivity index (χ3n) is 2.47. The van der Waals surface area contributed by atoms with Crippen molar-refractivity contribution in [3.63, 3.8) is 0 Å². The molecule has 1 aliphatic heterocycles. The van der Waals surface area contributed by atoms with Crippen LogP contribution in [0.4, 0.5) is 0 Å². The van der Waals surface area contributed by atoms with E-state index in [1.165, 1.54) is 5.57 Å². The highest BCUT2D eigenvalue weighted by atomic mass is 15.2. The van der Waals surface area contributed by atoms with Crippen LogP contribution < -0.4 is 0 Å². The number of nitrogens with zero attached hydrogens (tertiary/aromatic N) is 1. The fraction of sp³-hybridized carbons (Fsp3) is 0.556. The molecule has 0 aromatic rings. The van der Waals surface area contributed by atoms with Crippen molar-refractivity contribution in [2.24, 2.45) is 0 Å². The Bertz CT molecular complexity index is 177. The smallest absolute Gasteiger partial charge is 0.0380 e. The zero-order valence-corrected chi connectivity index (χ0v) is 7.02. The Morgan fingerprint density at radius 3 is 2.50 bits per heavy atom. The minimum atomic E-state index is 0.272.